The quantitative estimate of drug-likeness (QED) is 0.332. The molecule has 0 rings (SSSR count). The first-order valence-corrected chi connectivity index (χ1v) is 6.25. The Morgan fingerprint density at radius 1 is 0.708 bits per heavy atom. The largest absolute Gasteiger partial charge is 1.00 e. The van der Waals surface area contributed by atoms with Crippen molar-refractivity contribution in [1.82, 2.24) is 0 Å². The molecule has 0 saturated carbocycles. The molecule has 0 spiro atoms. The zero-order valence-corrected chi connectivity index (χ0v) is 13.7. The zero-order valence-electron chi connectivity index (χ0n) is 10.9. The molecular formula is C7H3F12NaO3S. The summed E-state index contributed by atoms with van der Waals surface area (Å²) in [6.45, 7) is 0. The van der Waals surface area contributed by atoms with E-state index in [4.69, 9.17) is 0 Å². The fourth-order valence-electron chi connectivity index (χ4n) is 1.07. The van der Waals surface area contributed by atoms with Crippen LogP contribution in [0.2, 0.25) is 0 Å². The summed E-state index contributed by atoms with van der Waals surface area (Å²) in [6.07, 6.45) is -10.4. The van der Waals surface area contributed by atoms with Crippen molar-refractivity contribution in [3.8, 4) is 0 Å². The number of alkyl halides is 12. The van der Waals surface area contributed by atoms with Crippen LogP contribution in [0.5, 0.6) is 0 Å². The normalized spacial score (nSPS) is 17.4. The van der Waals surface area contributed by atoms with E-state index in [1.54, 1.807) is 0 Å². The van der Waals surface area contributed by atoms with E-state index in [-0.39, 0.29) is 29.6 Å². The molecule has 0 radical (unpaired) electrons. The Morgan fingerprint density at radius 2 is 1.00 bits per heavy atom. The van der Waals surface area contributed by atoms with Gasteiger partial charge in [0.25, 0.3) is 11.9 Å². The summed E-state index contributed by atoms with van der Waals surface area (Å²) >= 11 is 0. The Kier molecular flexibility index (Phi) is 8.07. The molecule has 0 aromatic heterocycles. The Bertz CT molecular complexity index is 535. The second kappa shape index (κ2) is 7.36. The minimum absolute atomic E-state index is 0. The van der Waals surface area contributed by atoms with Crippen LogP contribution >= 0.6 is 0 Å². The molecule has 0 bridgehead atoms. The van der Waals surface area contributed by atoms with Crippen LogP contribution < -0.4 is 29.6 Å². The summed E-state index contributed by atoms with van der Waals surface area (Å²) in [6, 6.07) is 0. The van der Waals surface area contributed by atoms with Gasteiger partial charge in [0.1, 0.15) is 10.1 Å². The summed E-state index contributed by atoms with van der Waals surface area (Å²) in [5, 5.41) is 0. The van der Waals surface area contributed by atoms with Crippen LogP contribution in [0.15, 0.2) is 0 Å². The second-order valence-corrected chi connectivity index (χ2v) is 5.34. The summed E-state index contributed by atoms with van der Waals surface area (Å²) in [5.74, 6) is -29.9. The summed E-state index contributed by atoms with van der Waals surface area (Å²) < 4.78 is 180. The topological polar surface area (TPSA) is 57.2 Å². The van der Waals surface area contributed by atoms with Gasteiger partial charge in [0.2, 0.25) is 6.17 Å². The zero-order chi connectivity index (χ0) is 19.2. The van der Waals surface area contributed by atoms with Crippen LogP contribution in [0, 0.1) is 0 Å². The molecular weight excluding hydrogens is 415 g/mol. The van der Waals surface area contributed by atoms with Gasteiger partial charge < -0.3 is 4.55 Å². The smallest absolute Gasteiger partial charge is 0.746 e. The maximum Gasteiger partial charge on any atom is 1.00 e. The summed E-state index contributed by atoms with van der Waals surface area (Å²) in [4.78, 5) is 0. The van der Waals surface area contributed by atoms with E-state index in [9.17, 15) is 65.7 Å². The van der Waals surface area contributed by atoms with E-state index in [2.05, 4.69) is 0 Å². The molecule has 0 amide bonds. The van der Waals surface area contributed by atoms with Gasteiger partial charge in [0.15, 0.2) is 0 Å². The molecule has 0 aromatic carbocycles. The van der Waals surface area contributed by atoms with E-state index in [1.165, 1.54) is 0 Å². The molecule has 0 saturated heterocycles. The van der Waals surface area contributed by atoms with Crippen LogP contribution in [0.3, 0.4) is 0 Å². The number of rotatable bonds is 7. The van der Waals surface area contributed by atoms with E-state index >= 15 is 0 Å². The average molecular weight is 418 g/mol. The van der Waals surface area contributed by atoms with Gasteiger partial charge in [-0.3, -0.25) is 0 Å². The van der Waals surface area contributed by atoms with Crippen LogP contribution in [-0.4, -0.2) is 54.8 Å². The molecule has 140 valence electrons. The van der Waals surface area contributed by atoms with Crippen LogP contribution in [0.25, 0.3) is 0 Å². The number of halogens is 12. The van der Waals surface area contributed by atoms with Crippen molar-refractivity contribution >= 4 is 10.1 Å². The summed E-state index contributed by atoms with van der Waals surface area (Å²) in [5.41, 5.74) is -5.64. The molecule has 24 heavy (non-hydrogen) atoms. The molecule has 2 unspecified atom stereocenters. The Morgan fingerprint density at radius 3 is 1.25 bits per heavy atom. The van der Waals surface area contributed by atoms with Gasteiger partial charge in [-0.1, -0.05) is 0 Å². The van der Waals surface area contributed by atoms with Crippen molar-refractivity contribution in [1.29, 1.82) is 0 Å². The minimum Gasteiger partial charge on any atom is -0.746 e. The van der Waals surface area contributed by atoms with Gasteiger partial charge in [-0.2, -0.15) is 35.1 Å². The molecule has 0 heterocycles. The fourth-order valence-corrected chi connectivity index (χ4v) is 1.58. The van der Waals surface area contributed by atoms with E-state index in [0.29, 0.717) is 0 Å². The molecule has 0 aliphatic heterocycles. The molecule has 0 fully saturated rings. The van der Waals surface area contributed by atoms with Crippen LogP contribution in [0.1, 0.15) is 0 Å². The van der Waals surface area contributed by atoms with E-state index < -0.39 is 51.9 Å². The third-order valence-electron chi connectivity index (χ3n) is 2.34. The molecule has 0 N–H and O–H groups in total. The van der Waals surface area contributed by atoms with Gasteiger partial charge in [-0.05, 0) is 0 Å². The Labute approximate surface area is 147 Å². The third-order valence-corrected chi connectivity index (χ3v) is 3.14. The van der Waals surface area contributed by atoms with Crippen molar-refractivity contribution in [3.63, 3.8) is 0 Å². The van der Waals surface area contributed by atoms with Crippen molar-refractivity contribution in [2.45, 2.75) is 41.8 Å². The first-order chi connectivity index (χ1) is 9.76. The first-order valence-electron chi connectivity index (χ1n) is 4.78. The minimum atomic E-state index is -7.72. The van der Waals surface area contributed by atoms with E-state index in [0.717, 1.165) is 0 Å². The number of hydrogen-bond donors (Lipinski definition) is 0. The molecule has 0 aromatic rings. The van der Waals surface area contributed by atoms with Crippen molar-refractivity contribution in [2.24, 2.45) is 0 Å². The van der Waals surface area contributed by atoms with Gasteiger partial charge in [-0.25, -0.2) is 26.0 Å². The standard InChI is InChI=1S/C7H4F12O3S.Na/c8-1(2(9)10)4(12,13)6(16,17)7(18,19)5(14,15)3(11)23(20,21)22;/h1-3H,(H,20,21,22);/q;+1/p-1. The predicted molar refractivity (Wildman–Crippen MR) is 45.3 cm³/mol. The Hall–Kier alpha value is 0.0700. The van der Waals surface area contributed by atoms with Gasteiger partial charge in [-0.15, -0.1) is 0 Å². The predicted octanol–water partition coefficient (Wildman–Crippen LogP) is -0.0244. The van der Waals surface area contributed by atoms with Gasteiger partial charge in [0, 0.05) is 0 Å². The molecule has 3 nitrogen and oxygen atoms in total. The third kappa shape index (κ3) is 4.07. The Balaban J connectivity index is 0. The summed E-state index contributed by atoms with van der Waals surface area (Å²) in [7, 11) is -7.05. The van der Waals surface area contributed by atoms with Crippen molar-refractivity contribution < 1.29 is 95.2 Å². The monoisotopic (exact) mass is 418 g/mol. The number of hydrogen-bond acceptors (Lipinski definition) is 3. The SMILES string of the molecule is O=S(=O)([O-])C(F)C(F)(F)C(F)(F)C(F)(F)C(F)(F)C(F)C(F)F.[Na+]. The maximum atomic E-state index is 12.8. The second-order valence-electron chi connectivity index (χ2n) is 3.94. The van der Waals surface area contributed by atoms with Crippen LogP contribution in [-0.2, 0) is 10.1 Å². The van der Waals surface area contributed by atoms with Crippen molar-refractivity contribution in [3.05, 3.63) is 0 Å². The molecule has 17 heteroatoms. The molecule has 2 atom stereocenters. The first kappa shape index (κ1) is 26.3. The van der Waals surface area contributed by atoms with Crippen molar-refractivity contribution in [2.75, 3.05) is 0 Å². The average Bonchev–Trinajstić information content (AvgIpc) is 2.34. The molecule has 0 aliphatic rings. The van der Waals surface area contributed by atoms with Gasteiger partial charge >= 0.3 is 53.2 Å². The van der Waals surface area contributed by atoms with E-state index in [1.807, 2.05) is 0 Å². The fraction of sp³-hybridized carbons (Fsp3) is 1.00. The van der Waals surface area contributed by atoms with Gasteiger partial charge in [0.05, 0.1) is 0 Å². The maximum absolute atomic E-state index is 12.8. The van der Waals surface area contributed by atoms with Crippen LogP contribution in [0.4, 0.5) is 52.7 Å². The molecule has 0 aliphatic carbocycles.